The van der Waals surface area contributed by atoms with Gasteiger partial charge in [0.1, 0.15) is 0 Å². The van der Waals surface area contributed by atoms with Gasteiger partial charge in [0.2, 0.25) is 10.0 Å². The SMILES string of the molecule is COc1cc(C)ccc1OCCCCS(N)(=O)=O. The van der Waals surface area contributed by atoms with Crippen molar-refractivity contribution in [3.8, 4) is 11.5 Å². The molecular formula is C12H19NO4S. The number of rotatable bonds is 7. The van der Waals surface area contributed by atoms with E-state index in [0.29, 0.717) is 30.9 Å². The molecule has 0 aliphatic carbocycles. The number of primary sulfonamides is 1. The molecule has 5 nitrogen and oxygen atoms in total. The molecule has 0 aliphatic rings. The molecule has 0 bridgehead atoms. The Kier molecular flexibility index (Phi) is 5.43. The van der Waals surface area contributed by atoms with Gasteiger partial charge in [-0.25, -0.2) is 13.6 Å². The molecule has 2 N–H and O–H groups in total. The Hall–Kier alpha value is -1.27. The van der Waals surface area contributed by atoms with Crippen LogP contribution in [-0.4, -0.2) is 27.9 Å². The molecule has 1 aromatic rings. The molecule has 102 valence electrons. The van der Waals surface area contributed by atoms with Gasteiger partial charge in [0.15, 0.2) is 11.5 Å². The molecule has 1 rings (SSSR count). The number of aryl methyl sites for hydroxylation is 1. The van der Waals surface area contributed by atoms with Crippen LogP contribution in [0.15, 0.2) is 18.2 Å². The highest BCUT2D eigenvalue weighted by Gasteiger charge is 2.05. The third-order valence-corrected chi connectivity index (χ3v) is 3.26. The summed E-state index contributed by atoms with van der Waals surface area (Å²) in [5.74, 6) is 1.33. The quantitative estimate of drug-likeness (QED) is 0.763. The summed E-state index contributed by atoms with van der Waals surface area (Å²) in [6.45, 7) is 2.41. The number of hydrogen-bond acceptors (Lipinski definition) is 4. The van der Waals surface area contributed by atoms with Gasteiger partial charge in [0.25, 0.3) is 0 Å². The largest absolute Gasteiger partial charge is 0.493 e. The van der Waals surface area contributed by atoms with Crippen molar-refractivity contribution in [3.63, 3.8) is 0 Å². The van der Waals surface area contributed by atoms with Crippen molar-refractivity contribution in [1.82, 2.24) is 0 Å². The standard InChI is InChI=1S/C12H19NO4S/c1-10-5-6-11(12(9-10)16-2)17-7-3-4-8-18(13,14)15/h5-6,9H,3-4,7-8H2,1-2H3,(H2,13,14,15). The molecule has 18 heavy (non-hydrogen) atoms. The van der Waals surface area contributed by atoms with Crippen LogP contribution in [-0.2, 0) is 10.0 Å². The zero-order chi connectivity index (χ0) is 13.6. The highest BCUT2D eigenvalue weighted by atomic mass is 32.2. The molecule has 0 amide bonds. The highest BCUT2D eigenvalue weighted by Crippen LogP contribution is 2.27. The lowest BCUT2D eigenvalue weighted by molar-refractivity contribution is 0.288. The first-order chi connectivity index (χ1) is 8.42. The minimum absolute atomic E-state index is 0.0125. The van der Waals surface area contributed by atoms with Gasteiger partial charge in [-0.1, -0.05) is 6.07 Å². The Bertz CT molecular complexity index is 485. The fraction of sp³-hybridized carbons (Fsp3) is 0.500. The summed E-state index contributed by atoms with van der Waals surface area (Å²) in [6.07, 6.45) is 1.13. The number of sulfonamides is 1. The summed E-state index contributed by atoms with van der Waals surface area (Å²) in [5.41, 5.74) is 1.09. The van der Waals surface area contributed by atoms with Crippen molar-refractivity contribution in [1.29, 1.82) is 0 Å². The Morgan fingerprint density at radius 3 is 2.56 bits per heavy atom. The van der Waals surface area contributed by atoms with Crippen molar-refractivity contribution in [2.24, 2.45) is 5.14 Å². The number of methoxy groups -OCH3 is 1. The summed E-state index contributed by atoms with van der Waals surface area (Å²) < 4.78 is 32.2. The predicted octanol–water partition coefficient (Wildman–Crippen LogP) is 1.45. The van der Waals surface area contributed by atoms with E-state index in [1.165, 1.54) is 0 Å². The number of benzene rings is 1. The normalized spacial score (nSPS) is 11.3. The molecule has 0 saturated carbocycles. The molecule has 0 radical (unpaired) electrons. The van der Waals surface area contributed by atoms with E-state index in [4.69, 9.17) is 14.6 Å². The Labute approximate surface area is 108 Å². The van der Waals surface area contributed by atoms with Crippen LogP contribution in [0, 0.1) is 6.92 Å². The number of ether oxygens (including phenoxy) is 2. The van der Waals surface area contributed by atoms with Crippen LogP contribution in [0.4, 0.5) is 0 Å². The lowest BCUT2D eigenvalue weighted by atomic mass is 10.2. The van der Waals surface area contributed by atoms with E-state index in [2.05, 4.69) is 0 Å². The third kappa shape index (κ3) is 5.37. The van der Waals surface area contributed by atoms with E-state index in [1.807, 2.05) is 25.1 Å². The lowest BCUT2D eigenvalue weighted by Gasteiger charge is -2.11. The minimum atomic E-state index is -3.37. The predicted molar refractivity (Wildman–Crippen MR) is 70.4 cm³/mol. The lowest BCUT2D eigenvalue weighted by Crippen LogP contribution is -2.16. The fourth-order valence-corrected chi connectivity index (χ4v) is 2.09. The first-order valence-corrected chi connectivity index (χ1v) is 7.42. The van der Waals surface area contributed by atoms with Gasteiger partial charge in [-0.3, -0.25) is 0 Å². The van der Waals surface area contributed by atoms with Crippen LogP contribution in [0.1, 0.15) is 18.4 Å². The highest BCUT2D eigenvalue weighted by molar-refractivity contribution is 7.89. The second-order valence-electron chi connectivity index (χ2n) is 4.08. The molecule has 0 spiro atoms. The molecule has 6 heteroatoms. The Morgan fingerprint density at radius 1 is 1.22 bits per heavy atom. The van der Waals surface area contributed by atoms with Gasteiger partial charge in [0, 0.05) is 0 Å². The van der Waals surface area contributed by atoms with Gasteiger partial charge < -0.3 is 9.47 Å². The van der Waals surface area contributed by atoms with Crippen molar-refractivity contribution in [3.05, 3.63) is 23.8 Å². The van der Waals surface area contributed by atoms with E-state index in [1.54, 1.807) is 7.11 Å². The maximum Gasteiger partial charge on any atom is 0.209 e. The van der Waals surface area contributed by atoms with Crippen molar-refractivity contribution < 1.29 is 17.9 Å². The molecule has 0 fully saturated rings. The second kappa shape index (κ2) is 6.61. The Balaban J connectivity index is 2.40. The molecule has 0 aliphatic heterocycles. The average Bonchev–Trinajstić information content (AvgIpc) is 2.28. The Morgan fingerprint density at radius 2 is 1.94 bits per heavy atom. The minimum Gasteiger partial charge on any atom is -0.493 e. The summed E-state index contributed by atoms with van der Waals surface area (Å²) in [7, 11) is -1.78. The van der Waals surface area contributed by atoms with Crippen molar-refractivity contribution in [2.75, 3.05) is 19.5 Å². The van der Waals surface area contributed by atoms with E-state index >= 15 is 0 Å². The summed E-state index contributed by atoms with van der Waals surface area (Å²) in [5, 5.41) is 4.90. The molecule has 0 unspecified atom stereocenters. The van der Waals surface area contributed by atoms with Gasteiger partial charge in [-0.15, -0.1) is 0 Å². The monoisotopic (exact) mass is 273 g/mol. The number of unbranched alkanes of at least 4 members (excludes halogenated alkanes) is 1. The first-order valence-electron chi connectivity index (χ1n) is 5.70. The van der Waals surface area contributed by atoms with Crippen LogP contribution in [0.5, 0.6) is 11.5 Å². The van der Waals surface area contributed by atoms with E-state index in [9.17, 15) is 8.42 Å². The van der Waals surface area contributed by atoms with Gasteiger partial charge in [-0.05, 0) is 37.5 Å². The number of nitrogens with two attached hydrogens (primary N) is 1. The van der Waals surface area contributed by atoms with Crippen LogP contribution in [0.25, 0.3) is 0 Å². The fourth-order valence-electron chi connectivity index (χ4n) is 1.48. The maximum atomic E-state index is 10.7. The first kappa shape index (κ1) is 14.8. The molecule has 0 aromatic heterocycles. The summed E-state index contributed by atoms with van der Waals surface area (Å²) in [6, 6.07) is 5.66. The zero-order valence-electron chi connectivity index (χ0n) is 10.7. The van der Waals surface area contributed by atoms with Crippen molar-refractivity contribution >= 4 is 10.0 Å². The summed E-state index contributed by atoms with van der Waals surface area (Å²) >= 11 is 0. The van der Waals surface area contributed by atoms with Gasteiger partial charge >= 0.3 is 0 Å². The molecule has 1 aromatic carbocycles. The van der Waals surface area contributed by atoms with E-state index < -0.39 is 10.0 Å². The maximum absolute atomic E-state index is 10.7. The van der Waals surface area contributed by atoms with Crippen LogP contribution in [0.3, 0.4) is 0 Å². The average molecular weight is 273 g/mol. The number of hydrogen-bond donors (Lipinski definition) is 1. The van der Waals surface area contributed by atoms with Crippen LogP contribution >= 0.6 is 0 Å². The zero-order valence-corrected chi connectivity index (χ0v) is 11.5. The second-order valence-corrected chi connectivity index (χ2v) is 5.81. The smallest absolute Gasteiger partial charge is 0.209 e. The third-order valence-electron chi connectivity index (χ3n) is 2.40. The van der Waals surface area contributed by atoms with Gasteiger partial charge in [-0.2, -0.15) is 0 Å². The topological polar surface area (TPSA) is 78.6 Å². The van der Waals surface area contributed by atoms with Gasteiger partial charge in [0.05, 0.1) is 19.5 Å². The molecular weight excluding hydrogens is 254 g/mol. The summed E-state index contributed by atoms with van der Waals surface area (Å²) in [4.78, 5) is 0. The molecule has 0 atom stereocenters. The van der Waals surface area contributed by atoms with Crippen molar-refractivity contribution in [2.45, 2.75) is 19.8 Å². The molecule has 0 heterocycles. The molecule has 0 saturated heterocycles. The van der Waals surface area contributed by atoms with E-state index in [0.717, 1.165) is 5.56 Å². The van der Waals surface area contributed by atoms with Crippen LogP contribution < -0.4 is 14.6 Å². The van der Waals surface area contributed by atoms with E-state index in [-0.39, 0.29) is 5.75 Å². The van der Waals surface area contributed by atoms with Crippen LogP contribution in [0.2, 0.25) is 0 Å².